The number of nitrogens with zero attached hydrogens (tertiary/aromatic N) is 2. The lowest BCUT2D eigenvalue weighted by molar-refractivity contribution is -0.132. The van der Waals surface area contributed by atoms with Crippen LogP contribution in [0.2, 0.25) is 0 Å². The first-order valence-corrected chi connectivity index (χ1v) is 7.70. The number of hydrogen-bond donors (Lipinski definition) is 2. The van der Waals surface area contributed by atoms with Gasteiger partial charge in [-0.15, -0.1) is 12.4 Å². The molecule has 0 saturated carbocycles. The van der Waals surface area contributed by atoms with Gasteiger partial charge in [0.1, 0.15) is 0 Å². The molecule has 6 nitrogen and oxygen atoms in total. The van der Waals surface area contributed by atoms with Gasteiger partial charge < -0.3 is 15.5 Å². The summed E-state index contributed by atoms with van der Waals surface area (Å²) in [5.74, 6) is 0.0192. The lowest BCUT2D eigenvalue weighted by Gasteiger charge is -2.32. The molecule has 1 unspecified atom stereocenters. The zero-order valence-corrected chi connectivity index (χ0v) is 13.6. The Labute approximate surface area is 133 Å². The molecule has 0 aliphatic carbocycles. The number of hydrogen-bond acceptors (Lipinski definition) is 4. The smallest absolute Gasteiger partial charge is 0.242 e. The Morgan fingerprint density at radius 2 is 1.95 bits per heavy atom. The summed E-state index contributed by atoms with van der Waals surface area (Å²) >= 11 is 0. The maximum Gasteiger partial charge on any atom is 0.242 e. The van der Waals surface area contributed by atoms with Crippen LogP contribution in [-0.2, 0) is 9.59 Å². The van der Waals surface area contributed by atoms with Gasteiger partial charge >= 0.3 is 0 Å². The van der Waals surface area contributed by atoms with Gasteiger partial charge in [-0.1, -0.05) is 6.92 Å². The zero-order valence-electron chi connectivity index (χ0n) is 12.8. The van der Waals surface area contributed by atoms with E-state index < -0.39 is 0 Å². The lowest BCUT2D eigenvalue weighted by atomic mass is 10.2. The highest BCUT2D eigenvalue weighted by atomic mass is 35.5. The fourth-order valence-electron chi connectivity index (χ4n) is 2.92. The summed E-state index contributed by atoms with van der Waals surface area (Å²) in [6.45, 7) is 7.95. The molecule has 2 rings (SSSR count). The average molecular weight is 319 g/mol. The number of carbonyl (C=O) groups excluding carboxylic acids is 2. The maximum atomic E-state index is 12.1. The molecule has 2 aliphatic rings. The molecule has 0 aromatic rings. The topological polar surface area (TPSA) is 64.7 Å². The van der Waals surface area contributed by atoms with Gasteiger partial charge in [-0.25, -0.2) is 0 Å². The SMILES string of the molecule is CCCC(=O)NCC(=O)N1CCC(N2CCNCC2)C1.Cl. The quantitative estimate of drug-likeness (QED) is 0.739. The normalized spacial score (nSPS) is 22.7. The van der Waals surface area contributed by atoms with Crippen LogP contribution < -0.4 is 10.6 Å². The monoisotopic (exact) mass is 318 g/mol. The van der Waals surface area contributed by atoms with E-state index in [9.17, 15) is 9.59 Å². The third-order valence-electron chi connectivity index (χ3n) is 4.10. The molecule has 0 radical (unpaired) electrons. The molecule has 0 bridgehead atoms. The van der Waals surface area contributed by atoms with Crippen molar-refractivity contribution in [1.82, 2.24) is 20.4 Å². The van der Waals surface area contributed by atoms with Gasteiger partial charge in [0.2, 0.25) is 11.8 Å². The summed E-state index contributed by atoms with van der Waals surface area (Å²) in [5, 5.41) is 6.05. The summed E-state index contributed by atoms with van der Waals surface area (Å²) in [6.07, 6.45) is 2.36. The molecule has 2 amide bonds. The van der Waals surface area contributed by atoms with Gasteiger partial charge in [-0.2, -0.15) is 0 Å². The molecule has 1 atom stereocenters. The molecule has 2 aliphatic heterocycles. The number of carbonyl (C=O) groups is 2. The Kier molecular flexibility index (Phi) is 8.00. The molecular formula is C14H27ClN4O2. The minimum absolute atomic E-state index is 0. The second-order valence-electron chi connectivity index (χ2n) is 5.59. The van der Waals surface area contributed by atoms with E-state index in [2.05, 4.69) is 15.5 Å². The number of rotatable bonds is 5. The first-order valence-electron chi connectivity index (χ1n) is 7.70. The van der Waals surface area contributed by atoms with Crippen molar-refractivity contribution < 1.29 is 9.59 Å². The molecule has 7 heteroatoms. The van der Waals surface area contributed by atoms with Crippen LogP contribution in [0.5, 0.6) is 0 Å². The van der Waals surface area contributed by atoms with Crippen LogP contribution in [0, 0.1) is 0 Å². The largest absolute Gasteiger partial charge is 0.347 e. The van der Waals surface area contributed by atoms with Gasteiger partial charge in [0.25, 0.3) is 0 Å². The summed E-state index contributed by atoms with van der Waals surface area (Å²) in [7, 11) is 0. The van der Waals surface area contributed by atoms with Gasteiger partial charge in [0.15, 0.2) is 0 Å². The Balaban J connectivity index is 0.00000220. The van der Waals surface area contributed by atoms with Crippen molar-refractivity contribution in [2.45, 2.75) is 32.2 Å². The Bertz CT molecular complexity index is 348. The van der Waals surface area contributed by atoms with Crippen molar-refractivity contribution in [3.63, 3.8) is 0 Å². The molecule has 21 heavy (non-hydrogen) atoms. The minimum Gasteiger partial charge on any atom is -0.347 e. The van der Waals surface area contributed by atoms with Crippen LogP contribution in [0.1, 0.15) is 26.2 Å². The second kappa shape index (κ2) is 9.23. The highest BCUT2D eigenvalue weighted by Crippen LogP contribution is 2.16. The zero-order chi connectivity index (χ0) is 14.4. The second-order valence-corrected chi connectivity index (χ2v) is 5.59. The maximum absolute atomic E-state index is 12.1. The molecule has 2 heterocycles. The van der Waals surface area contributed by atoms with Crippen molar-refractivity contribution >= 4 is 24.2 Å². The first kappa shape index (κ1) is 18.2. The highest BCUT2D eigenvalue weighted by molar-refractivity contribution is 5.85. The molecule has 2 saturated heterocycles. The van der Waals surface area contributed by atoms with E-state index in [-0.39, 0.29) is 30.8 Å². The molecule has 0 aromatic carbocycles. The van der Waals surface area contributed by atoms with Gasteiger partial charge in [0.05, 0.1) is 6.54 Å². The lowest BCUT2D eigenvalue weighted by Crippen LogP contribution is -2.49. The van der Waals surface area contributed by atoms with Crippen LogP contribution >= 0.6 is 12.4 Å². The summed E-state index contributed by atoms with van der Waals surface area (Å²) in [6, 6.07) is 0.493. The number of amides is 2. The molecule has 0 spiro atoms. The Hall–Kier alpha value is -0.850. The van der Waals surface area contributed by atoms with Crippen molar-refractivity contribution in [3.8, 4) is 0 Å². The van der Waals surface area contributed by atoms with E-state index in [1.54, 1.807) is 0 Å². The summed E-state index contributed by atoms with van der Waals surface area (Å²) < 4.78 is 0. The van der Waals surface area contributed by atoms with Crippen molar-refractivity contribution in [2.24, 2.45) is 0 Å². The average Bonchev–Trinajstić information content (AvgIpc) is 2.96. The standard InChI is InChI=1S/C14H26N4O2.ClH/c1-2-3-13(19)16-10-14(20)18-7-4-12(11-18)17-8-5-15-6-9-17;/h12,15H,2-11H2,1H3,(H,16,19);1H. The Morgan fingerprint density at radius 3 is 2.62 bits per heavy atom. The van der Waals surface area contributed by atoms with Crippen LogP contribution in [0.15, 0.2) is 0 Å². The number of nitrogens with one attached hydrogen (secondary N) is 2. The third-order valence-corrected chi connectivity index (χ3v) is 4.10. The van der Waals surface area contributed by atoms with E-state index in [0.29, 0.717) is 12.5 Å². The van der Waals surface area contributed by atoms with Gasteiger partial charge in [0, 0.05) is 51.7 Å². The van der Waals surface area contributed by atoms with Crippen LogP contribution in [0.3, 0.4) is 0 Å². The molecule has 122 valence electrons. The van der Waals surface area contributed by atoms with Crippen LogP contribution in [0.25, 0.3) is 0 Å². The molecular weight excluding hydrogens is 292 g/mol. The van der Waals surface area contributed by atoms with E-state index >= 15 is 0 Å². The fraction of sp³-hybridized carbons (Fsp3) is 0.857. The molecule has 2 fully saturated rings. The summed E-state index contributed by atoms with van der Waals surface area (Å²) in [4.78, 5) is 27.8. The van der Waals surface area contributed by atoms with E-state index in [0.717, 1.165) is 52.1 Å². The Morgan fingerprint density at radius 1 is 1.24 bits per heavy atom. The van der Waals surface area contributed by atoms with Crippen molar-refractivity contribution in [3.05, 3.63) is 0 Å². The third kappa shape index (κ3) is 5.45. The molecule has 2 N–H and O–H groups in total. The minimum atomic E-state index is -0.0290. The number of likely N-dealkylation sites (tertiary alicyclic amines) is 1. The predicted octanol–water partition coefficient (Wildman–Crippen LogP) is -0.169. The predicted molar refractivity (Wildman–Crippen MR) is 84.6 cm³/mol. The molecule has 0 aromatic heterocycles. The van der Waals surface area contributed by atoms with Crippen LogP contribution in [0.4, 0.5) is 0 Å². The first-order chi connectivity index (χ1) is 9.70. The highest BCUT2D eigenvalue weighted by Gasteiger charge is 2.30. The van der Waals surface area contributed by atoms with Gasteiger partial charge in [-0.3, -0.25) is 14.5 Å². The summed E-state index contributed by atoms with van der Waals surface area (Å²) in [5.41, 5.74) is 0. The van der Waals surface area contributed by atoms with E-state index in [4.69, 9.17) is 0 Å². The van der Waals surface area contributed by atoms with Crippen molar-refractivity contribution in [2.75, 3.05) is 45.8 Å². The van der Waals surface area contributed by atoms with Gasteiger partial charge in [-0.05, 0) is 12.8 Å². The fourth-order valence-corrected chi connectivity index (χ4v) is 2.92. The van der Waals surface area contributed by atoms with E-state index in [1.807, 2.05) is 11.8 Å². The van der Waals surface area contributed by atoms with Crippen molar-refractivity contribution in [1.29, 1.82) is 0 Å². The number of halogens is 1. The van der Waals surface area contributed by atoms with Crippen LogP contribution in [-0.4, -0.2) is 73.5 Å². The number of piperazine rings is 1. The van der Waals surface area contributed by atoms with E-state index in [1.165, 1.54) is 0 Å².